The summed E-state index contributed by atoms with van der Waals surface area (Å²) < 4.78 is 5.05. The lowest BCUT2D eigenvalue weighted by Gasteiger charge is -2.37. The van der Waals surface area contributed by atoms with Crippen molar-refractivity contribution in [2.45, 2.75) is 64.3 Å². The van der Waals surface area contributed by atoms with E-state index in [9.17, 15) is 9.59 Å². The molecule has 1 aliphatic rings. The molecular weight excluding hydrogens is 272 g/mol. The monoisotopic (exact) mass is 294 g/mol. The third kappa shape index (κ3) is 3.83. The molecule has 0 bridgehead atoms. The number of rotatable bonds is 5. The van der Waals surface area contributed by atoms with E-state index in [-0.39, 0.29) is 18.7 Å². The summed E-state index contributed by atoms with van der Waals surface area (Å²) in [5.74, 6) is -0.388. The molecule has 0 unspecified atom stereocenters. The van der Waals surface area contributed by atoms with Gasteiger partial charge in [-0.25, -0.2) is 0 Å². The van der Waals surface area contributed by atoms with Gasteiger partial charge in [0, 0.05) is 5.56 Å². The van der Waals surface area contributed by atoms with E-state index < -0.39 is 11.5 Å². The highest BCUT2D eigenvalue weighted by atomic mass is 16.5. The van der Waals surface area contributed by atoms with E-state index in [0.29, 0.717) is 11.5 Å². The lowest BCUT2D eigenvalue weighted by Crippen LogP contribution is -2.51. The Bertz CT molecular complexity index is 510. The van der Waals surface area contributed by atoms with E-state index in [4.69, 9.17) is 9.63 Å². The van der Waals surface area contributed by atoms with Crippen molar-refractivity contribution < 1.29 is 19.2 Å². The highest BCUT2D eigenvalue weighted by Gasteiger charge is 2.36. The number of carboxylic acids is 1. The van der Waals surface area contributed by atoms with E-state index in [2.05, 4.69) is 10.5 Å². The number of carboxylic acid groups (broad SMARTS) is 1. The van der Waals surface area contributed by atoms with Crippen molar-refractivity contribution in [1.82, 2.24) is 10.5 Å². The lowest BCUT2D eigenvalue weighted by atomic mass is 9.79. The number of aryl methyl sites for hydroxylation is 2. The molecule has 6 heteroatoms. The summed E-state index contributed by atoms with van der Waals surface area (Å²) in [4.78, 5) is 23.4. The summed E-state index contributed by atoms with van der Waals surface area (Å²) in [7, 11) is 0. The Morgan fingerprint density at radius 3 is 2.48 bits per heavy atom. The second-order valence-electron chi connectivity index (χ2n) is 5.94. The van der Waals surface area contributed by atoms with Crippen LogP contribution in [0.2, 0.25) is 0 Å². The first-order valence-corrected chi connectivity index (χ1v) is 7.36. The molecule has 1 heterocycles. The van der Waals surface area contributed by atoms with Crippen molar-refractivity contribution in [3.63, 3.8) is 0 Å². The van der Waals surface area contributed by atoms with Gasteiger partial charge in [0.25, 0.3) is 0 Å². The van der Waals surface area contributed by atoms with Crippen LogP contribution in [0.15, 0.2) is 4.52 Å². The quantitative estimate of drug-likeness (QED) is 0.867. The Morgan fingerprint density at radius 1 is 1.29 bits per heavy atom. The van der Waals surface area contributed by atoms with Crippen LogP contribution in [-0.2, 0) is 16.0 Å². The first-order valence-electron chi connectivity index (χ1n) is 7.36. The molecule has 1 saturated carbocycles. The van der Waals surface area contributed by atoms with Gasteiger partial charge in [-0.3, -0.25) is 9.59 Å². The fourth-order valence-corrected chi connectivity index (χ4v) is 3.12. The summed E-state index contributed by atoms with van der Waals surface area (Å²) in [6.45, 7) is 3.57. The van der Waals surface area contributed by atoms with Gasteiger partial charge in [-0.1, -0.05) is 24.4 Å². The number of aliphatic carboxylic acids is 1. The van der Waals surface area contributed by atoms with Crippen LogP contribution in [0.1, 0.15) is 55.5 Å². The molecule has 0 saturated heterocycles. The van der Waals surface area contributed by atoms with Gasteiger partial charge in [-0.2, -0.15) is 0 Å². The van der Waals surface area contributed by atoms with Crippen molar-refractivity contribution in [3.8, 4) is 0 Å². The standard InChI is InChI=1S/C15H22N2O4/c1-10-12(11(2)21-17-10)8-13(18)16-15(9-14(19)20)6-4-3-5-7-15/h3-9H2,1-2H3,(H,16,18)(H,19,20). The number of hydrogen-bond donors (Lipinski definition) is 2. The van der Waals surface area contributed by atoms with Gasteiger partial charge in [-0.15, -0.1) is 0 Å². The van der Waals surface area contributed by atoms with Crippen LogP contribution in [-0.4, -0.2) is 27.7 Å². The predicted octanol–water partition coefficient (Wildman–Crippen LogP) is 2.13. The highest BCUT2D eigenvalue weighted by molar-refractivity contribution is 5.81. The number of hydrogen-bond acceptors (Lipinski definition) is 4. The number of carbonyl (C=O) groups is 2. The maximum absolute atomic E-state index is 12.3. The van der Waals surface area contributed by atoms with E-state index in [0.717, 1.165) is 37.7 Å². The maximum Gasteiger partial charge on any atom is 0.305 e. The molecule has 2 N–H and O–H groups in total. The van der Waals surface area contributed by atoms with E-state index in [1.165, 1.54) is 0 Å². The molecule has 0 aliphatic heterocycles. The summed E-state index contributed by atoms with van der Waals surface area (Å²) in [6.07, 6.45) is 4.64. The van der Waals surface area contributed by atoms with Crippen molar-refractivity contribution in [3.05, 3.63) is 17.0 Å². The molecule has 0 aromatic carbocycles. The Labute approximate surface area is 123 Å². The Balaban J connectivity index is 2.06. The Kier molecular flexibility index (Phi) is 4.65. The molecule has 0 spiro atoms. The summed E-state index contributed by atoms with van der Waals surface area (Å²) >= 11 is 0. The van der Waals surface area contributed by atoms with Gasteiger partial charge in [0.15, 0.2) is 0 Å². The minimum absolute atomic E-state index is 0.0136. The molecule has 6 nitrogen and oxygen atoms in total. The van der Waals surface area contributed by atoms with Gasteiger partial charge in [0.05, 0.1) is 24.1 Å². The van der Waals surface area contributed by atoms with Crippen LogP contribution >= 0.6 is 0 Å². The Hall–Kier alpha value is -1.85. The van der Waals surface area contributed by atoms with Crippen molar-refractivity contribution in [1.29, 1.82) is 0 Å². The number of carbonyl (C=O) groups excluding carboxylic acids is 1. The molecule has 1 amide bonds. The highest BCUT2D eigenvalue weighted by Crippen LogP contribution is 2.31. The second kappa shape index (κ2) is 6.28. The van der Waals surface area contributed by atoms with E-state index in [1.807, 2.05) is 0 Å². The van der Waals surface area contributed by atoms with Crippen LogP contribution < -0.4 is 5.32 Å². The predicted molar refractivity (Wildman–Crippen MR) is 75.9 cm³/mol. The number of nitrogens with zero attached hydrogens (tertiary/aromatic N) is 1. The van der Waals surface area contributed by atoms with Gasteiger partial charge in [0.2, 0.25) is 5.91 Å². The van der Waals surface area contributed by atoms with Crippen LogP contribution in [0, 0.1) is 13.8 Å². The molecule has 0 radical (unpaired) electrons. The molecule has 0 atom stereocenters. The summed E-state index contributed by atoms with van der Waals surface area (Å²) in [6, 6.07) is 0. The first-order chi connectivity index (χ1) is 9.92. The fourth-order valence-electron chi connectivity index (χ4n) is 3.12. The Morgan fingerprint density at radius 2 is 1.95 bits per heavy atom. The molecule has 1 aromatic rings. The normalized spacial score (nSPS) is 17.4. The number of aromatic nitrogens is 1. The van der Waals surface area contributed by atoms with Gasteiger partial charge in [-0.05, 0) is 26.7 Å². The third-order valence-electron chi connectivity index (χ3n) is 4.22. The zero-order valence-electron chi connectivity index (χ0n) is 12.6. The molecule has 2 rings (SSSR count). The molecular formula is C15H22N2O4. The van der Waals surface area contributed by atoms with E-state index >= 15 is 0 Å². The van der Waals surface area contributed by atoms with Crippen molar-refractivity contribution >= 4 is 11.9 Å². The van der Waals surface area contributed by atoms with E-state index in [1.54, 1.807) is 13.8 Å². The molecule has 21 heavy (non-hydrogen) atoms. The zero-order valence-corrected chi connectivity index (χ0v) is 12.6. The van der Waals surface area contributed by atoms with Crippen LogP contribution in [0.5, 0.6) is 0 Å². The van der Waals surface area contributed by atoms with Gasteiger partial charge >= 0.3 is 5.97 Å². The first kappa shape index (κ1) is 15.5. The second-order valence-corrected chi connectivity index (χ2v) is 5.94. The zero-order chi connectivity index (χ0) is 15.5. The molecule has 116 valence electrons. The summed E-state index contributed by atoms with van der Waals surface area (Å²) in [5.41, 5.74) is 0.896. The maximum atomic E-state index is 12.3. The summed E-state index contributed by atoms with van der Waals surface area (Å²) in [5, 5.41) is 15.9. The smallest absolute Gasteiger partial charge is 0.305 e. The van der Waals surface area contributed by atoms with Crippen LogP contribution in [0.25, 0.3) is 0 Å². The number of amides is 1. The largest absolute Gasteiger partial charge is 0.481 e. The lowest BCUT2D eigenvalue weighted by molar-refractivity contribution is -0.139. The van der Waals surface area contributed by atoms with Crippen molar-refractivity contribution in [2.24, 2.45) is 0 Å². The molecule has 1 aromatic heterocycles. The van der Waals surface area contributed by atoms with Gasteiger partial charge in [0.1, 0.15) is 5.76 Å². The average Bonchev–Trinajstić information content (AvgIpc) is 2.70. The average molecular weight is 294 g/mol. The SMILES string of the molecule is Cc1noc(C)c1CC(=O)NC1(CC(=O)O)CCCCC1. The minimum Gasteiger partial charge on any atom is -0.481 e. The van der Waals surface area contributed by atoms with Gasteiger partial charge < -0.3 is 14.9 Å². The third-order valence-corrected chi connectivity index (χ3v) is 4.22. The topological polar surface area (TPSA) is 92.4 Å². The van der Waals surface area contributed by atoms with Crippen LogP contribution in [0.3, 0.4) is 0 Å². The minimum atomic E-state index is -0.866. The van der Waals surface area contributed by atoms with Crippen LogP contribution in [0.4, 0.5) is 0 Å². The number of nitrogens with one attached hydrogen (secondary N) is 1. The van der Waals surface area contributed by atoms with Crippen molar-refractivity contribution in [2.75, 3.05) is 0 Å². The molecule has 1 fully saturated rings. The fraction of sp³-hybridized carbons (Fsp3) is 0.667. The molecule has 1 aliphatic carbocycles.